The zero-order valence-corrected chi connectivity index (χ0v) is 9.71. The highest BCUT2D eigenvalue weighted by atomic mass is 16.5. The third-order valence-electron chi connectivity index (χ3n) is 2.08. The van der Waals surface area contributed by atoms with Crippen molar-refractivity contribution in [1.29, 1.82) is 0 Å². The second-order valence-corrected chi connectivity index (χ2v) is 3.13. The summed E-state index contributed by atoms with van der Waals surface area (Å²) in [5, 5.41) is 8.44. The van der Waals surface area contributed by atoms with Crippen LogP contribution in [0.15, 0.2) is 36.4 Å². The van der Waals surface area contributed by atoms with Gasteiger partial charge in [-0.1, -0.05) is 18.2 Å². The lowest BCUT2D eigenvalue weighted by molar-refractivity contribution is -0.131. The summed E-state index contributed by atoms with van der Waals surface area (Å²) in [6, 6.07) is 5.44. The minimum atomic E-state index is -0.985. The average Bonchev–Trinajstić information content (AvgIpc) is 2.34. The SMILES string of the molecule is COc1cccc(OC)c1C=CC=CC(=O)O. The lowest BCUT2D eigenvalue weighted by Crippen LogP contribution is -1.91. The van der Waals surface area contributed by atoms with E-state index in [9.17, 15) is 4.79 Å². The van der Waals surface area contributed by atoms with Gasteiger partial charge >= 0.3 is 5.97 Å². The van der Waals surface area contributed by atoms with E-state index in [1.54, 1.807) is 26.4 Å². The Labute approximate surface area is 99.8 Å². The minimum absolute atomic E-state index is 0.671. The van der Waals surface area contributed by atoms with Crippen LogP contribution in [0.25, 0.3) is 6.08 Å². The first-order valence-electron chi connectivity index (χ1n) is 4.97. The molecule has 0 spiro atoms. The van der Waals surface area contributed by atoms with Crippen molar-refractivity contribution in [2.24, 2.45) is 0 Å². The topological polar surface area (TPSA) is 55.8 Å². The van der Waals surface area contributed by atoms with E-state index >= 15 is 0 Å². The molecule has 4 nitrogen and oxygen atoms in total. The van der Waals surface area contributed by atoms with Crippen LogP contribution in [0.2, 0.25) is 0 Å². The lowest BCUT2D eigenvalue weighted by Gasteiger charge is -2.09. The summed E-state index contributed by atoms with van der Waals surface area (Å²) < 4.78 is 10.4. The highest BCUT2D eigenvalue weighted by Gasteiger charge is 2.05. The van der Waals surface area contributed by atoms with Gasteiger partial charge in [0.1, 0.15) is 11.5 Å². The quantitative estimate of drug-likeness (QED) is 0.627. The molecule has 0 aliphatic rings. The lowest BCUT2D eigenvalue weighted by atomic mass is 10.1. The van der Waals surface area contributed by atoms with Crippen molar-refractivity contribution in [3.63, 3.8) is 0 Å². The summed E-state index contributed by atoms with van der Waals surface area (Å²) in [5.74, 6) is 0.357. The van der Waals surface area contributed by atoms with Crippen LogP contribution in [0.1, 0.15) is 5.56 Å². The first-order chi connectivity index (χ1) is 8.19. The molecule has 0 heterocycles. The summed E-state index contributed by atoms with van der Waals surface area (Å²) in [5.41, 5.74) is 0.771. The molecule has 0 aromatic heterocycles. The third-order valence-corrected chi connectivity index (χ3v) is 2.08. The van der Waals surface area contributed by atoms with Crippen molar-refractivity contribution < 1.29 is 19.4 Å². The molecular formula is C13H14O4. The second-order valence-electron chi connectivity index (χ2n) is 3.13. The maximum Gasteiger partial charge on any atom is 0.328 e. The van der Waals surface area contributed by atoms with E-state index in [0.717, 1.165) is 11.6 Å². The zero-order chi connectivity index (χ0) is 12.7. The Balaban J connectivity index is 2.99. The first kappa shape index (κ1) is 12.8. The Bertz CT molecular complexity index is 424. The van der Waals surface area contributed by atoms with Gasteiger partial charge in [0.15, 0.2) is 0 Å². The molecule has 1 aromatic carbocycles. The van der Waals surface area contributed by atoms with E-state index in [0.29, 0.717) is 11.5 Å². The van der Waals surface area contributed by atoms with Gasteiger partial charge in [-0.25, -0.2) is 4.79 Å². The van der Waals surface area contributed by atoms with Gasteiger partial charge < -0.3 is 14.6 Å². The Hall–Kier alpha value is -2.23. The van der Waals surface area contributed by atoms with Gasteiger partial charge in [-0.3, -0.25) is 0 Å². The van der Waals surface area contributed by atoms with Gasteiger partial charge in [-0.15, -0.1) is 0 Å². The van der Waals surface area contributed by atoms with Crippen molar-refractivity contribution in [3.8, 4) is 11.5 Å². The molecule has 0 bridgehead atoms. The first-order valence-corrected chi connectivity index (χ1v) is 4.97. The van der Waals surface area contributed by atoms with Gasteiger partial charge in [0.05, 0.1) is 19.8 Å². The van der Waals surface area contributed by atoms with E-state index < -0.39 is 5.97 Å². The van der Waals surface area contributed by atoms with Crippen LogP contribution in [-0.2, 0) is 4.79 Å². The minimum Gasteiger partial charge on any atom is -0.496 e. The van der Waals surface area contributed by atoms with Crippen LogP contribution in [-0.4, -0.2) is 25.3 Å². The molecule has 0 fully saturated rings. The predicted octanol–water partition coefficient (Wildman–Crippen LogP) is 2.36. The Morgan fingerprint density at radius 1 is 1.18 bits per heavy atom. The molecule has 1 rings (SSSR count). The molecule has 90 valence electrons. The van der Waals surface area contributed by atoms with Crippen LogP contribution < -0.4 is 9.47 Å². The highest BCUT2D eigenvalue weighted by Crippen LogP contribution is 2.29. The van der Waals surface area contributed by atoms with Crippen molar-refractivity contribution >= 4 is 12.0 Å². The molecule has 4 heteroatoms. The van der Waals surface area contributed by atoms with E-state index in [2.05, 4.69) is 0 Å². The molecule has 1 aromatic rings. The van der Waals surface area contributed by atoms with Gasteiger partial charge in [0, 0.05) is 6.08 Å². The predicted molar refractivity (Wildman–Crippen MR) is 65.4 cm³/mol. The summed E-state index contributed by atoms with van der Waals surface area (Å²) in [4.78, 5) is 10.3. The number of hydrogen-bond donors (Lipinski definition) is 1. The van der Waals surface area contributed by atoms with Crippen molar-refractivity contribution in [3.05, 3.63) is 42.0 Å². The molecule has 17 heavy (non-hydrogen) atoms. The number of carboxylic acids is 1. The molecule has 1 N–H and O–H groups in total. The number of methoxy groups -OCH3 is 2. The molecule has 0 amide bonds. The molecule has 0 unspecified atom stereocenters. The molecule has 0 saturated heterocycles. The number of benzene rings is 1. The monoisotopic (exact) mass is 234 g/mol. The van der Waals surface area contributed by atoms with Crippen molar-refractivity contribution in [2.75, 3.05) is 14.2 Å². The van der Waals surface area contributed by atoms with Gasteiger partial charge in [-0.05, 0) is 18.2 Å². The van der Waals surface area contributed by atoms with Gasteiger partial charge in [0.25, 0.3) is 0 Å². The highest BCUT2D eigenvalue weighted by molar-refractivity contribution is 5.80. The molecular weight excluding hydrogens is 220 g/mol. The second kappa shape index (κ2) is 6.37. The van der Waals surface area contributed by atoms with Crippen LogP contribution >= 0.6 is 0 Å². The fraction of sp³-hybridized carbons (Fsp3) is 0.154. The molecule has 0 atom stereocenters. The van der Waals surface area contributed by atoms with Crippen molar-refractivity contribution in [2.45, 2.75) is 0 Å². The van der Waals surface area contributed by atoms with Crippen LogP contribution in [0.3, 0.4) is 0 Å². The number of aliphatic carboxylic acids is 1. The fourth-order valence-electron chi connectivity index (χ4n) is 1.33. The largest absolute Gasteiger partial charge is 0.496 e. The summed E-state index contributed by atoms with van der Waals surface area (Å²) in [6.45, 7) is 0. The number of carbonyl (C=O) groups is 1. The number of hydrogen-bond acceptors (Lipinski definition) is 3. The normalized spacial score (nSPS) is 10.9. The summed E-state index contributed by atoms with van der Waals surface area (Å²) >= 11 is 0. The van der Waals surface area contributed by atoms with E-state index in [-0.39, 0.29) is 0 Å². The molecule has 0 aliphatic heterocycles. The third kappa shape index (κ3) is 3.68. The van der Waals surface area contributed by atoms with E-state index in [4.69, 9.17) is 14.6 Å². The molecule has 0 radical (unpaired) electrons. The molecule has 0 saturated carbocycles. The Kier molecular flexibility index (Phi) is 4.81. The van der Waals surface area contributed by atoms with Gasteiger partial charge in [-0.2, -0.15) is 0 Å². The Morgan fingerprint density at radius 2 is 1.76 bits per heavy atom. The van der Waals surface area contributed by atoms with Crippen LogP contribution in [0.5, 0.6) is 11.5 Å². The number of rotatable bonds is 5. The zero-order valence-electron chi connectivity index (χ0n) is 9.71. The Morgan fingerprint density at radius 3 is 2.24 bits per heavy atom. The summed E-state index contributed by atoms with van der Waals surface area (Å²) in [7, 11) is 3.14. The number of allylic oxidation sites excluding steroid dienone is 2. The number of carboxylic acid groups (broad SMARTS) is 1. The van der Waals surface area contributed by atoms with E-state index in [1.807, 2.05) is 18.2 Å². The maximum atomic E-state index is 10.3. The van der Waals surface area contributed by atoms with Gasteiger partial charge in [0.2, 0.25) is 0 Å². The molecule has 0 aliphatic carbocycles. The van der Waals surface area contributed by atoms with Crippen LogP contribution in [0.4, 0.5) is 0 Å². The van der Waals surface area contributed by atoms with E-state index in [1.165, 1.54) is 6.08 Å². The maximum absolute atomic E-state index is 10.3. The number of ether oxygens (including phenoxy) is 2. The van der Waals surface area contributed by atoms with Crippen molar-refractivity contribution in [1.82, 2.24) is 0 Å². The average molecular weight is 234 g/mol. The summed E-state index contributed by atoms with van der Waals surface area (Å²) in [6.07, 6.45) is 5.85. The fourth-order valence-corrected chi connectivity index (χ4v) is 1.33. The smallest absolute Gasteiger partial charge is 0.328 e. The van der Waals surface area contributed by atoms with Crippen LogP contribution in [0, 0.1) is 0 Å². The standard InChI is InChI=1S/C13H14O4/c1-16-11-7-5-8-12(17-2)10(11)6-3-4-9-13(14)15/h3-9H,1-2H3,(H,14,15).